The quantitative estimate of drug-likeness (QED) is 0.524. The number of carbonyl (C=O) groups excluding carboxylic acids is 2. The molecule has 1 aromatic heterocycles. The normalized spacial score (nSPS) is 12.2. The Balaban J connectivity index is 2.45. The fraction of sp³-hybridized carbons (Fsp3) is 0.714. The van der Waals surface area contributed by atoms with Gasteiger partial charge in [0.25, 0.3) is 5.91 Å². The summed E-state index contributed by atoms with van der Waals surface area (Å²) in [5, 5.41) is 3.04. The van der Waals surface area contributed by atoms with Crippen LogP contribution in [0.25, 0.3) is 0 Å². The molecule has 0 saturated carbocycles. The third kappa shape index (κ3) is 8.44. The van der Waals surface area contributed by atoms with Gasteiger partial charge < -0.3 is 24.3 Å². The van der Waals surface area contributed by atoms with E-state index >= 15 is 0 Å². The first-order chi connectivity index (χ1) is 13.4. The van der Waals surface area contributed by atoms with Crippen molar-refractivity contribution >= 4 is 11.8 Å². The van der Waals surface area contributed by atoms with Crippen molar-refractivity contribution in [3.05, 3.63) is 23.7 Å². The molecule has 0 saturated heterocycles. The molecule has 0 bridgehead atoms. The molecule has 2 amide bonds. The van der Waals surface area contributed by atoms with Gasteiger partial charge in [-0.05, 0) is 52.4 Å². The van der Waals surface area contributed by atoms with E-state index in [4.69, 9.17) is 9.15 Å². The summed E-state index contributed by atoms with van der Waals surface area (Å²) in [5.74, 6) is 0.413. The highest BCUT2D eigenvalue weighted by Crippen LogP contribution is 2.12. The van der Waals surface area contributed by atoms with Crippen LogP contribution < -0.4 is 5.32 Å². The molecule has 0 aliphatic heterocycles. The number of rotatable bonds is 14. The molecule has 7 nitrogen and oxygen atoms in total. The van der Waals surface area contributed by atoms with E-state index in [2.05, 4.69) is 24.1 Å². The summed E-state index contributed by atoms with van der Waals surface area (Å²) < 4.78 is 10.3. The molecule has 0 aliphatic carbocycles. The minimum Gasteiger partial charge on any atom is -0.469 e. The summed E-state index contributed by atoms with van der Waals surface area (Å²) in [4.78, 5) is 29.0. The Labute approximate surface area is 169 Å². The number of carbonyl (C=O) groups is 2. The number of ether oxygens (including phenoxy) is 1. The van der Waals surface area contributed by atoms with Crippen LogP contribution >= 0.6 is 0 Å². The number of hydrogen-bond donors (Lipinski definition) is 1. The van der Waals surface area contributed by atoms with E-state index in [-0.39, 0.29) is 24.3 Å². The predicted molar refractivity (Wildman–Crippen MR) is 110 cm³/mol. The molecule has 1 rings (SSSR count). The lowest BCUT2D eigenvalue weighted by Crippen LogP contribution is -2.39. The Hall–Kier alpha value is -1.86. The molecule has 0 aliphatic rings. The first kappa shape index (κ1) is 24.2. The Morgan fingerprint density at radius 3 is 2.50 bits per heavy atom. The van der Waals surface area contributed by atoms with Crippen LogP contribution in [0.3, 0.4) is 0 Å². The molecule has 7 heteroatoms. The van der Waals surface area contributed by atoms with Crippen molar-refractivity contribution in [2.75, 3.05) is 46.4 Å². The molecule has 1 N–H and O–H groups in total. The molecule has 0 fully saturated rings. The van der Waals surface area contributed by atoms with Crippen molar-refractivity contribution in [2.45, 2.75) is 53.0 Å². The summed E-state index contributed by atoms with van der Waals surface area (Å²) in [7, 11) is 1.60. The summed E-state index contributed by atoms with van der Waals surface area (Å²) in [6, 6.07) is 1.79. The number of furan rings is 1. The fourth-order valence-electron chi connectivity index (χ4n) is 3.11. The molecule has 1 aromatic rings. The van der Waals surface area contributed by atoms with Crippen LogP contribution in [0.15, 0.2) is 16.7 Å². The van der Waals surface area contributed by atoms with Crippen LogP contribution in [-0.2, 0) is 9.53 Å². The highest BCUT2D eigenvalue weighted by atomic mass is 16.5. The van der Waals surface area contributed by atoms with Gasteiger partial charge in [-0.3, -0.25) is 9.59 Å². The third-order valence-electron chi connectivity index (χ3n) is 4.96. The zero-order chi connectivity index (χ0) is 20.9. The van der Waals surface area contributed by atoms with Crippen molar-refractivity contribution < 1.29 is 18.7 Å². The van der Waals surface area contributed by atoms with Crippen molar-refractivity contribution in [1.29, 1.82) is 0 Å². The molecular formula is C21H37N3O4. The average molecular weight is 396 g/mol. The van der Waals surface area contributed by atoms with Gasteiger partial charge in [0, 0.05) is 32.7 Å². The summed E-state index contributed by atoms with van der Waals surface area (Å²) >= 11 is 0. The van der Waals surface area contributed by atoms with Crippen LogP contribution in [-0.4, -0.2) is 74.1 Å². The summed E-state index contributed by atoms with van der Waals surface area (Å²) in [6.07, 6.45) is 3.78. The van der Waals surface area contributed by atoms with E-state index in [9.17, 15) is 9.59 Å². The number of nitrogens with zero attached hydrogens (tertiary/aromatic N) is 2. The molecule has 1 unspecified atom stereocenters. The Bertz CT molecular complexity index is 584. The van der Waals surface area contributed by atoms with Gasteiger partial charge in [-0.1, -0.05) is 13.8 Å². The lowest BCUT2D eigenvalue weighted by molar-refractivity contribution is -0.121. The van der Waals surface area contributed by atoms with E-state index in [1.54, 1.807) is 25.0 Å². The highest BCUT2D eigenvalue weighted by Gasteiger charge is 2.20. The van der Waals surface area contributed by atoms with Gasteiger partial charge in [-0.15, -0.1) is 0 Å². The van der Waals surface area contributed by atoms with Crippen LogP contribution in [0, 0.1) is 6.92 Å². The lowest BCUT2D eigenvalue weighted by atomic mass is 10.1. The van der Waals surface area contributed by atoms with Crippen LogP contribution in [0.2, 0.25) is 0 Å². The van der Waals surface area contributed by atoms with Crippen LogP contribution in [0.4, 0.5) is 0 Å². The monoisotopic (exact) mass is 395 g/mol. The zero-order valence-corrected chi connectivity index (χ0v) is 18.1. The van der Waals surface area contributed by atoms with Gasteiger partial charge in [-0.25, -0.2) is 0 Å². The Morgan fingerprint density at radius 1 is 1.21 bits per heavy atom. The van der Waals surface area contributed by atoms with Crippen molar-refractivity contribution in [1.82, 2.24) is 15.1 Å². The number of nitrogens with one attached hydrogen (secondary N) is 1. The van der Waals surface area contributed by atoms with Crippen LogP contribution in [0.1, 0.15) is 56.2 Å². The van der Waals surface area contributed by atoms with Gasteiger partial charge in [0.15, 0.2) is 0 Å². The van der Waals surface area contributed by atoms with Gasteiger partial charge in [-0.2, -0.15) is 0 Å². The molecule has 0 radical (unpaired) electrons. The minimum atomic E-state index is -0.136. The third-order valence-corrected chi connectivity index (χ3v) is 4.96. The van der Waals surface area contributed by atoms with Gasteiger partial charge >= 0.3 is 0 Å². The second kappa shape index (κ2) is 13.3. The number of hydrogen-bond acceptors (Lipinski definition) is 5. The lowest BCUT2D eigenvalue weighted by Gasteiger charge is -2.23. The maximum Gasteiger partial charge on any atom is 0.257 e. The van der Waals surface area contributed by atoms with E-state index < -0.39 is 0 Å². The maximum atomic E-state index is 12.7. The van der Waals surface area contributed by atoms with E-state index in [0.717, 1.165) is 32.5 Å². The molecule has 0 spiro atoms. The van der Waals surface area contributed by atoms with Crippen molar-refractivity contribution in [3.63, 3.8) is 0 Å². The average Bonchev–Trinajstić information content (AvgIpc) is 3.10. The number of aryl methyl sites for hydroxylation is 1. The van der Waals surface area contributed by atoms with Gasteiger partial charge in [0.05, 0.1) is 18.4 Å². The van der Waals surface area contributed by atoms with E-state index in [0.29, 0.717) is 31.0 Å². The molecular weight excluding hydrogens is 358 g/mol. The van der Waals surface area contributed by atoms with Gasteiger partial charge in [0.1, 0.15) is 5.76 Å². The standard InChI is InChI=1S/C21H37N3O4/c1-6-23(7-2)12-8-9-17(3)22-20(25)10-13-24(14-16-27-5)21(26)19-11-15-28-18(19)4/h11,15,17H,6-10,12-14,16H2,1-5H3,(H,22,25). The second-order valence-corrected chi connectivity index (χ2v) is 7.06. The smallest absolute Gasteiger partial charge is 0.257 e. The largest absolute Gasteiger partial charge is 0.469 e. The number of amides is 2. The molecule has 1 heterocycles. The number of methoxy groups -OCH3 is 1. The van der Waals surface area contributed by atoms with Crippen LogP contribution in [0.5, 0.6) is 0 Å². The highest BCUT2D eigenvalue weighted by molar-refractivity contribution is 5.95. The topological polar surface area (TPSA) is 75.0 Å². The molecule has 28 heavy (non-hydrogen) atoms. The van der Waals surface area contributed by atoms with Crippen molar-refractivity contribution in [3.8, 4) is 0 Å². The summed E-state index contributed by atoms with van der Waals surface area (Å²) in [6.45, 7) is 12.5. The second-order valence-electron chi connectivity index (χ2n) is 7.06. The SMILES string of the molecule is CCN(CC)CCCC(C)NC(=O)CCN(CCOC)C(=O)c1ccoc1C. The summed E-state index contributed by atoms with van der Waals surface area (Å²) in [5.41, 5.74) is 0.529. The zero-order valence-electron chi connectivity index (χ0n) is 18.1. The first-order valence-electron chi connectivity index (χ1n) is 10.3. The fourth-order valence-corrected chi connectivity index (χ4v) is 3.11. The van der Waals surface area contributed by atoms with E-state index in [1.165, 1.54) is 6.26 Å². The minimum absolute atomic E-state index is 0.0329. The van der Waals surface area contributed by atoms with Crippen molar-refractivity contribution in [2.24, 2.45) is 0 Å². The van der Waals surface area contributed by atoms with E-state index in [1.807, 2.05) is 6.92 Å². The Kier molecular flexibility index (Phi) is 11.5. The molecule has 0 aromatic carbocycles. The Morgan fingerprint density at radius 2 is 1.93 bits per heavy atom. The predicted octanol–water partition coefficient (Wildman–Crippen LogP) is 2.69. The first-order valence-corrected chi connectivity index (χ1v) is 10.3. The molecule has 160 valence electrons. The van der Waals surface area contributed by atoms with Gasteiger partial charge in [0.2, 0.25) is 5.91 Å². The molecule has 1 atom stereocenters. The maximum absolute atomic E-state index is 12.7.